The van der Waals surface area contributed by atoms with E-state index in [1.54, 1.807) is 32.4 Å². The highest BCUT2D eigenvalue weighted by atomic mass is 35.7. The van der Waals surface area contributed by atoms with Gasteiger partial charge in [-0.15, -0.1) is 0 Å². The van der Waals surface area contributed by atoms with Gasteiger partial charge in [0.25, 0.3) is 0 Å². The molecule has 0 amide bonds. The average molecular weight is 277 g/mol. The van der Waals surface area contributed by atoms with Crippen molar-refractivity contribution in [3.63, 3.8) is 0 Å². The fourth-order valence-electron chi connectivity index (χ4n) is 1.94. The lowest BCUT2D eigenvalue weighted by atomic mass is 10.1. The molecule has 1 fully saturated rings. The van der Waals surface area contributed by atoms with Gasteiger partial charge >= 0.3 is 0 Å². The van der Waals surface area contributed by atoms with Gasteiger partial charge in [-0.25, -0.2) is 8.42 Å². The smallest absolute Gasteiger partial charge is 0.236 e. The van der Waals surface area contributed by atoms with Crippen LogP contribution in [0, 0.1) is 0 Å². The van der Waals surface area contributed by atoms with E-state index in [1.807, 2.05) is 0 Å². The summed E-state index contributed by atoms with van der Waals surface area (Å²) < 4.78 is 32.8. The number of hydrogen-bond acceptors (Lipinski definition) is 4. The normalized spacial score (nSPS) is 23.2. The van der Waals surface area contributed by atoms with Crippen molar-refractivity contribution in [1.82, 2.24) is 0 Å². The highest BCUT2D eigenvalue weighted by Crippen LogP contribution is 2.50. The van der Waals surface area contributed by atoms with E-state index in [9.17, 15) is 8.42 Å². The Hall–Kier alpha value is -0.940. The lowest BCUT2D eigenvalue weighted by molar-refractivity contribution is 0.399. The van der Waals surface area contributed by atoms with Crippen LogP contribution in [0.25, 0.3) is 0 Å². The summed E-state index contributed by atoms with van der Waals surface area (Å²) in [7, 11) is 4.97. The second-order valence-corrected chi connectivity index (χ2v) is 6.81. The van der Waals surface area contributed by atoms with Crippen LogP contribution in [0.3, 0.4) is 0 Å². The number of ether oxygens (including phenoxy) is 2. The van der Waals surface area contributed by atoms with Crippen LogP contribution < -0.4 is 9.47 Å². The van der Waals surface area contributed by atoms with Crippen LogP contribution in [0.4, 0.5) is 0 Å². The Labute approximate surface area is 105 Å². The predicted molar refractivity (Wildman–Crippen MR) is 65.5 cm³/mol. The molecule has 94 valence electrons. The van der Waals surface area contributed by atoms with Gasteiger partial charge in [0.05, 0.1) is 19.5 Å². The molecule has 2 atom stereocenters. The van der Waals surface area contributed by atoms with Crippen molar-refractivity contribution < 1.29 is 17.9 Å². The van der Waals surface area contributed by atoms with Gasteiger partial charge < -0.3 is 9.47 Å². The van der Waals surface area contributed by atoms with Gasteiger partial charge in [-0.3, -0.25) is 0 Å². The predicted octanol–water partition coefficient (Wildman–Crippen LogP) is 2.13. The van der Waals surface area contributed by atoms with E-state index in [0.29, 0.717) is 17.9 Å². The molecule has 0 aliphatic heterocycles. The van der Waals surface area contributed by atoms with Crippen LogP contribution in [-0.4, -0.2) is 27.9 Å². The zero-order valence-corrected chi connectivity index (χ0v) is 11.1. The van der Waals surface area contributed by atoms with E-state index in [1.165, 1.54) is 0 Å². The van der Waals surface area contributed by atoms with Crippen molar-refractivity contribution in [2.75, 3.05) is 14.2 Å². The monoisotopic (exact) mass is 276 g/mol. The minimum Gasteiger partial charge on any atom is -0.497 e. The number of methoxy groups -OCH3 is 2. The Balaban J connectivity index is 2.33. The van der Waals surface area contributed by atoms with E-state index in [0.717, 1.165) is 5.56 Å². The van der Waals surface area contributed by atoms with Crippen LogP contribution in [-0.2, 0) is 9.05 Å². The summed E-state index contributed by atoms with van der Waals surface area (Å²) in [4.78, 5) is 0. The maximum atomic E-state index is 11.2. The van der Waals surface area contributed by atoms with E-state index in [-0.39, 0.29) is 5.92 Å². The molecule has 0 N–H and O–H groups in total. The first-order chi connectivity index (χ1) is 7.97. The highest BCUT2D eigenvalue weighted by Gasteiger charge is 2.48. The maximum absolute atomic E-state index is 11.2. The molecule has 0 aromatic heterocycles. The zero-order valence-electron chi connectivity index (χ0n) is 9.51. The molecule has 1 saturated carbocycles. The lowest BCUT2D eigenvalue weighted by Gasteiger charge is -2.09. The third-order valence-electron chi connectivity index (χ3n) is 2.93. The van der Waals surface area contributed by atoms with Crippen molar-refractivity contribution in [3.8, 4) is 11.5 Å². The number of halogens is 1. The van der Waals surface area contributed by atoms with Gasteiger partial charge in [0.1, 0.15) is 11.5 Å². The van der Waals surface area contributed by atoms with E-state index in [4.69, 9.17) is 20.2 Å². The minimum atomic E-state index is -3.50. The van der Waals surface area contributed by atoms with E-state index in [2.05, 4.69) is 0 Å². The summed E-state index contributed by atoms with van der Waals surface area (Å²) in [6.07, 6.45) is 0.537. The fraction of sp³-hybridized carbons (Fsp3) is 0.455. The van der Waals surface area contributed by atoms with Crippen LogP contribution in [0.2, 0.25) is 0 Å². The van der Waals surface area contributed by atoms with Crippen molar-refractivity contribution >= 4 is 19.7 Å². The summed E-state index contributed by atoms with van der Waals surface area (Å²) in [5.41, 5.74) is 0.834. The van der Waals surface area contributed by atoms with Gasteiger partial charge in [0.15, 0.2) is 0 Å². The standard InChI is InChI=1S/C11H13ClO4S/c1-15-7-3-4-10(16-2)8(5-7)9-6-11(9)17(12,13)14/h3-5,9,11H,6H2,1-2H3. The van der Waals surface area contributed by atoms with Gasteiger partial charge in [-0.1, -0.05) is 0 Å². The Morgan fingerprint density at radius 1 is 1.29 bits per heavy atom. The number of hydrogen-bond donors (Lipinski definition) is 0. The molecular weight excluding hydrogens is 264 g/mol. The van der Waals surface area contributed by atoms with E-state index >= 15 is 0 Å². The topological polar surface area (TPSA) is 52.6 Å². The van der Waals surface area contributed by atoms with Crippen LogP contribution in [0.15, 0.2) is 18.2 Å². The first-order valence-electron chi connectivity index (χ1n) is 5.12. The molecule has 17 heavy (non-hydrogen) atoms. The molecule has 2 rings (SSSR count). The third-order valence-corrected chi connectivity index (χ3v) is 4.86. The first kappa shape index (κ1) is 12.5. The van der Waals surface area contributed by atoms with Crippen molar-refractivity contribution in [1.29, 1.82) is 0 Å². The molecule has 0 bridgehead atoms. The Morgan fingerprint density at radius 2 is 2.00 bits per heavy atom. The summed E-state index contributed by atoms with van der Waals surface area (Å²) in [5.74, 6) is 1.25. The Morgan fingerprint density at radius 3 is 2.47 bits per heavy atom. The molecule has 1 aliphatic rings. The minimum absolute atomic E-state index is 0.0949. The summed E-state index contributed by atoms with van der Waals surface area (Å²) in [6.45, 7) is 0. The largest absolute Gasteiger partial charge is 0.497 e. The van der Waals surface area contributed by atoms with Gasteiger partial charge in [0, 0.05) is 22.2 Å². The molecule has 0 radical (unpaired) electrons. The molecule has 2 unspecified atom stereocenters. The average Bonchev–Trinajstić information content (AvgIpc) is 3.07. The molecule has 1 aromatic carbocycles. The molecule has 0 heterocycles. The Bertz CT molecular complexity index is 526. The molecule has 0 spiro atoms. The zero-order chi connectivity index (χ0) is 12.6. The summed E-state index contributed by atoms with van der Waals surface area (Å²) in [6, 6.07) is 5.34. The second-order valence-electron chi connectivity index (χ2n) is 3.96. The van der Waals surface area contributed by atoms with Gasteiger partial charge in [-0.2, -0.15) is 0 Å². The van der Waals surface area contributed by atoms with Crippen LogP contribution in [0.5, 0.6) is 11.5 Å². The quantitative estimate of drug-likeness (QED) is 0.791. The van der Waals surface area contributed by atoms with Crippen LogP contribution >= 0.6 is 10.7 Å². The molecule has 0 saturated heterocycles. The number of rotatable bonds is 4. The summed E-state index contributed by atoms with van der Waals surface area (Å²) >= 11 is 0. The number of benzene rings is 1. The highest BCUT2D eigenvalue weighted by molar-refractivity contribution is 8.14. The van der Waals surface area contributed by atoms with Gasteiger partial charge in [0.2, 0.25) is 9.05 Å². The van der Waals surface area contributed by atoms with Crippen molar-refractivity contribution in [2.45, 2.75) is 17.6 Å². The second kappa shape index (κ2) is 4.38. The Kier molecular flexibility index (Phi) is 3.23. The van der Waals surface area contributed by atoms with Crippen LogP contribution in [0.1, 0.15) is 17.9 Å². The fourth-order valence-corrected chi connectivity index (χ4v) is 3.51. The molecule has 1 aliphatic carbocycles. The van der Waals surface area contributed by atoms with Crippen molar-refractivity contribution in [3.05, 3.63) is 23.8 Å². The van der Waals surface area contributed by atoms with E-state index < -0.39 is 14.3 Å². The first-order valence-corrected chi connectivity index (χ1v) is 7.50. The molecule has 6 heteroatoms. The lowest BCUT2D eigenvalue weighted by Crippen LogP contribution is -2.01. The maximum Gasteiger partial charge on any atom is 0.236 e. The summed E-state index contributed by atoms with van der Waals surface area (Å²) in [5, 5.41) is -0.509. The molecular formula is C11H13ClO4S. The molecule has 4 nitrogen and oxygen atoms in total. The third kappa shape index (κ3) is 2.50. The SMILES string of the molecule is COc1ccc(OC)c(C2CC2S(=O)(=O)Cl)c1. The molecule has 1 aromatic rings. The van der Waals surface area contributed by atoms with Gasteiger partial charge in [-0.05, 0) is 24.6 Å². The van der Waals surface area contributed by atoms with Crippen molar-refractivity contribution in [2.24, 2.45) is 0 Å².